The molecular weight excluding hydrogens is 388 g/mol. The molecule has 0 aromatic rings. The van der Waals surface area contributed by atoms with E-state index >= 15 is 0 Å². The lowest BCUT2D eigenvalue weighted by Gasteiger charge is -2.62. The van der Waals surface area contributed by atoms with Crippen LogP contribution in [0.4, 0.5) is 0 Å². The second kappa shape index (κ2) is 6.93. The van der Waals surface area contributed by atoms with Gasteiger partial charge in [-0.1, -0.05) is 27.7 Å². The molecule has 2 heterocycles. The zero-order valence-corrected chi connectivity index (χ0v) is 20.1. The molecule has 13 atom stereocenters. The van der Waals surface area contributed by atoms with Gasteiger partial charge in [-0.3, -0.25) is 0 Å². The number of hydrogen-bond donors (Lipinski definition) is 2. The number of rotatable bonds is 0. The molecule has 0 aromatic carbocycles. The average molecular weight is 433 g/mol. The van der Waals surface area contributed by atoms with E-state index in [4.69, 9.17) is 9.47 Å². The van der Waals surface area contributed by atoms with Crippen LogP contribution in [0.3, 0.4) is 0 Å². The van der Waals surface area contributed by atoms with E-state index in [9.17, 15) is 10.2 Å². The molecule has 2 saturated heterocycles. The zero-order valence-electron chi connectivity index (χ0n) is 20.1. The van der Waals surface area contributed by atoms with Gasteiger partial charge in [-0.25, -0.2) is 0 Å². The molecule has 0 bridgehead atoms. The average Bonchev–Trinajstić information content (AvgIpc) is 3.18. The number of fused-ring (bicyclic) bond motifs is 7. The fourth-order valence-corrected chi connectivity index (χ4v) is 10.2. The molecule has 6 fully saturated rings. The normalized spacial score (nSPS) is 63.3. The molecule has 1 spiro atoms. The van der Waals surface area contributed by atoms with Crippen molar-refractivity contribution in [2.45, 2.75) is 110 Å². The van der Waals surface area contributed by atoms with E-state index in [0.717, 1.165) is 45.1 Å². The Morgan fingerprint density at radius 2 is 1.68 bits per heavy atom. The smallest absolute Gasteiger partial charge is 0.171 e. The van der Waals surface area contributed by atoms with Crippen LogP contribution in [0.25, 0.3) is 0 Å². The van der Waals surface area contributed by atoms with Gasteiger partial charge in [0.15, 0.2) is 5.79 Å². The Bertz CT molecular complexity index is 716. The second-order valence-electron chi connectivity index (χ2n) is 13.2. The van der Waals surface area contributed by atoms with Crippen LogP contribution in [0.15, 0.2) is 0 Å². The predicted molar refractivity (Wildman–Crippen MR) is 119 cm³/mol. The summed E-state index contributed by atoms with van der Waals surface area (Å²) in [7, 11) is 0. The van der Waals surface area contributed by atoms with E-state index in [1.54, 1.807) is 0 Å². The van der Waals surface area contributed by atoms with E-state index in [2.05, 4.69) is 27.7 Å². The van der Waals surface area contributed by atoms with Crippen molar-refractivity contribution in [2.75, 3.05) is 6.61 Å². The van der Waals surface area contributed by atoms with Crippen LogP contribution in [0.2, 0.25) is 0 Å². The minimum atomic E-state index is -0.407. The Morgan fingerprint density at radius 1 is 0.871 bits per heavy atom. The lowest BCUT2D eigenvalue weighted by molar-refractivity contribution is -0.274. The van der Waals surface area contributed by atoms with Crippen molar-refractivity contribution < 1.29 is 19.7 Å². The molecule has 176 valence electrons. The summed E-state index contributed by atoms with van der Waals surface area (Å²) in [6.07, 6.45) is 9.70. The first-order valence-electron chi connectivity index (χ1n) is 13.4. The number of aliphatic hydroxyl groups excluding tert-OH is 2. The summed E-state index contributed by atoms with van der Waals surface area (Å²) in [6, 6.07) is 0. The summed E-state index contributed by atoms with van der Waals surface area (Å²) in [4.78, 5) is 0. The van der Waals surface area contributed by atoms with Crippen molar-refractivity contribution in [3.63, 3.8) is 0 Å². The van der Waals surface area contributed by atoms with E-state index in [1.165, 1.54) is 19.3 Å². The highest BCUT2D eigenvalue weighted by atomic mass is 16.7. The minimum absolute atomic E-state index is 0.0570. The standard InChI is InChI=1S/C27H44O4/c1-15-7-10-27(30-14-15)16(2)24-22(31-27)12-21-19-6-5-17-11-18(28)8-9-25(17,3)20(19)13-23(29)26(21,24)4/h15-24,28-29H,5-14H2,1-4H3. The second-order valence-corrected chi connectivity index (χ2v) is 13.2. The van der Waals surface area contributed by atoms with Gasteiger partial charge in [-0.15, -0.1) is 0 Å². The van der Waals surface area contributed by atoms with Crippen molar-refractivity contribution in [1.29, 1.82) is 0 Å². The van der Waals surface area contributed by atoms with Crippen molar-refractivity contribution in [1.82, 2.24) is 0 Å². The van der Waals surface area contributed by atoms with Gasteiger partial charge in [0, 0.05) is 23.7 Å². The molecule has 13 unspecified atom stereocenters. The highest BCUT2D eigenvalue weighted by Crippen LogP contribution is 2.71. The fourth-order valence-electron chi connectivity index (χ4n) is 10.2. The molecule has 31 heavy (non-hydrogen) atoms. The lowest BCUT2D eigenvalue weighted by Crippen LogP contribution is -2.59. The van der Waals surface area contributed by atoms with E-state index in [-0.39, 0.29) is 23.7 Å². The van der Waals surface area contributed by atoms with Crippen molar-refractivity contribution in [3.8, 4) is 0 Å². The lowest BCUT2D eigenvalue weighted by atomic mass is 9.43. The van der Waals surface area contributed by atoms with Crippen LogP contribution >= 0.6 is 0 Å². The summed E-state index contributed by atoms with van der Waals surface area (Å²) in [5.41, 5.74) is 0.233. The van der Waals surface area contributed by atoms with Gasteiger partial charge in [0.1, 0.15) is 0 Å². The van der Waals surface area contributed by atoms with E-state index in [0.29, 0.717) is 46.8 Å². The SMILES string of the molecule is CC1CCC2(OC1)OC1CC3C4CCC5CC(O)CCC5(C)C4CC(O)C3(C)C1C2C. The summed E-state index contributed by atoms with van der Waals surface area (Å²) in [6.45, 7) is 10.3. The summed E-state index contributed by atoms with van der Waals surface area (Å²) >= 11 is 0. The molecule has 0 radical (unpaired) electrons. The molecular formula is C27H44O4. The monoisotopic (exact) mass is 432 g/mol. The quantitative estimate of drug-likeness (QED) is 0.579. The number of hydrogen-bond acceptors (Lipinski definition) is 4. The molecule has 6 aliphatic rings. The highest BCUT2D eigenvalue weighted by Gasteiger charge is 2.71. The zero-order chi connectivity index (χ0) is 21.8. The summed E-state index contributed by atoms with van der Waals surface area (Å²) in [5.74, 6) is 3.46. The molecule has 4 aliphatic carbocycles. The summed E-state index contributed by atoms with van der Waals surface area (Å²) in [5, 5.41) is 22.1. The molecule has 0 aromatic heterocycles. The molecule has 2 aliphatic heterocycles. The van der Waals surface area contributed by atoms with Crippen LogP contribution in [0.1, 0.15) is 85.5 Å². The predicted octanol–water partition coefficient (Wildman–Crippen LogP) is 4.76. The van der Waals surface area contributed by atoms with Crippen LogP contribution < -0.4 is 0 Å². The Labute approximate surface area is 188 Å². The van der Waals surface area contributed by atoms with E-state index in [1.807, 2.05) is 0 Å². The number of aliphatic hydroxyl groups is 2. The summed E-state index contributed by atoms with van der Waals surface area (Å²) < 4.78 is 13.3. The maximum atomic E-state index is 11.8. The first-order chi connectivity index (χ1) is 14.7. The van der Waals surface area contributed by atoms with Gasteiger partial charge < -0.3 is 19.7 Å². The third-order valence-corrected chi connectivity index (χ3v) is 12.0. The van der Waals surface area contributed by atoms with Gasteiger partial charge in [-0.2, -0.15) is 0 Å². The highest BCUT2D eigenvalue weighted by molar-refractivity contribution is 5.17. The largest absolute Gasteiger partial charge is 0.393 e. The van der Waals surface area contributed by atoms with Crippen molar-refractivity contribution in [3.05, 3.63) is 0 Å². The Kier molecular flexibility index (Phi) is 4.78. The van der Waals surface area contributed by atoms with Gasteiger partial charge in [0.05, 0.1) is 24.9 Å². The maximum absolute atomic E-state index is 11.8. The van der Waals surface area contributed by atoms with Gasteiger partial charge >= 0.3 is 0 Å². The van der Waals surface area contributed by atoms with Crippen molar-refractivity contribution in [2.24, 2.45) is 52.3 Å². The maximum Gasteiger partial charge on any atom is 0.171 e. The minimum Gasteiger partial charge on any atom is -0.393 e. The van der Waals surface area contributed by atoms with Crippen LogP contribution in [-0.2, 0) is 9.47 Å². The molecule has 4 heteroatoms. The van der Waals surface area contributed by atoms with Gasteiger partial charge in [-0.05, 0) is 86.4 Å². The Hall–Kier alpha value is -0.160. The van der Waals surface area contributed by atoms with Crippen LogP contribution in [0, 0.1) is 52.3 Å². The molecule has 6 rings (SSSR count). The topological polar surface area (TPSA) is 58.9 Å². The molecule has 0 amide bonds. The first kappa shape index (κ1) is 21.4. The molecule has 2 N–H and O–H groups in total. The van der Waals surface area contributed by atoms with Gasteiger partial charge in [0.25, 0.3) is 0 Å². The van der Waals surface area contributed by atoms with Crippen LogP contribution in [0.5, 0.6) is 0 Å². The van der Waals surface area contributed by atoms with Gasteiger partial charge in [0.2, 0.25) is 0 Å². The Balaban J connectivity index is 1.29. The fraction of sp³-hybridized carbons (Fsp3) is 1.00. The van der Waals surface area contributed by atoms with E-state index < -0.39 is 5.79 Å². The third kappa shape index (κ3) is 2.74. The number of ether oxygens (including phenoxy) is 2. The third-order valence-electron chi connectivity index (χ3n) is 12.0. The Morgan fingerprint density at radius 3 is 2.42 bits per heavy atom. The van der Waals surface area contributed by atoms with Crippen molar-refractivity contribution >= 4 is 0 Å². The van der Waals surface area contributed by atoms with Crippen LogP contribution in [-0.4, -0.2) is 40.9 Å². The molecule has 4 saturated carbocycles. The first-order valence-corrected chi connectivity index (χ1v) is 13.4. The molecule has 4 nitrogen and oxygen atoms in total.